The van der Waals surface area contributed by atoms with Crippen LogP contribution in [-0.4, -0.2) is 57.3 Å². The molecule has 172 valence electrons. The SMILES string of the molecule is N#CC(C(O)C(=O)NCC1CCCCC1)N(C(=O)CNS(=N)(=O)C#N)C1CCCCC1. The van der Waals surface area contributed by atoms with E-state index in [1.807, 2.05) is 6.07 Å². The van der Waals surface area contributed by atoms with E-state index in [4.69, 9.17) is 10.0 Å². The molecule has 2 saturated carbocycles. The molecule has 0 radical (unpaired) electrons. The minimum atomic E-state index is -3.79. The van der Waals surface area contributed by atoms with Crippen LogP contribution in [0.4, 0.5) is 0 Å². The smallest absolute Gasteiger partial charge is 0.252 e. The van der Waals surface area contributed by atoms with Gasteiger partial charge in [-0.05, 0) is 31.6 Å². The summed E-state index contributed by atoms with van der Waals surface area (Å²) in [4.78, 5) is 26.6. The first-order valence-corrected chi connectivity index (χ1v) is 12.5. The number of aliphatic hydroxyl groups excluding tert-OH is 1. The molecule has 0 aromatic rings. The molecule has 0 spiro atoms. The van der Waals surface area contributed by atoms with Gasteiger partial charge in [0.05, 0.1) is 12.6 Å². The lowest BCUT2D eigenvalue weighted by Crippen LogP contribution is -2.58. The van der Waals surface area contributed by atoms with Gasteiger partial charge in [0.15, 0.2) is 17.5 Å². The Kier molecular flexibility index (Phi) is 9.69. The summed E-state index contributed by atoms with van der Waals surface area (Å²) in [6.07, 6.45) is 7.64. The van der Waals surface area contributed by atoms with Gasteiger partial charge in [-0.3, -0.25) is 9.59 Å². The molecule has 4 N–H and O–H groups in total. The van der Waals surface area contributed by atoms with Crippen LogP contribution in [0.1, 0.15) is 64.2 Å². The number of carbonyl (C=O) groups is 2. The number of aliphatic hydroxyl groups is 1. The van der Waals surface area contributed by atoms with Crippen molar-refractivity contribution in [1.82, 2.24) is 14.9 Å². The average Bonchev–Trinajstić information content (AvgIpc) is 2.80. The van der Waals surface area contributed by atoms with Crippen molar-refractivity contribution in [3.05, 3.63) is 0 Å². The molecule has 11 heteroatoms. The second kappa shape index (κ2) is 12.0. The highest BCUT2D eigenvalue weighted by molar-refractivity contribution is 7.95. The number of rotatable bonds is 9. The van der Waals surface area contributed by atoms with Crippen LogP contribution in [0.2, 0.25) is 0 Å². The number of nitrogens with one attached hydrogen (secondary N) is 3. The summed E-state index contributed by atoms with van der Waals surface area (Å²) in [6, 6.07) is 0.134. The first kappa shape index (κ1) is 25.1. The Morgan fingerprint density at radius 3 is 2.23 bits per heavy atom. The Bertz CT molecular complexity index is 807. The van der Waals surface area contributed by atoms with Crippen LogP contribution in [0, 0.1) is 32.7 Å². The Morgan fingerprint density at radius 2 is 1.68 bits per heavy atom. The Balaban J connectivity index is 2.10. The number of amides is 2. The summed E-state index contributed by atoms with van der Waals surface area (Å²) < 4.78 is 21.0. The minimum Gasteiger partial charge on any atom is -0.380 e. The van der Waals surface area contributed by atoms with E-state index in [-0.39, 0.29) is 6.04 Å². The van der Waals surface area contributed by atoms with Gasteiger partial charge in [0.2, 0.25) is 15.8 Å². The highest BCUT2D eigenvalue weighted by Crippen LogP contribution is 2.26. The normalized spacial score (nSPS) is 21.6. The monoisotopic (exact) mass is 452 g/mol. The lowest BCUT2D eigenvalue weighted by Gasteiger charge is -2.38. The van der Waals surface area contributed by atoms with Crippen LogP contribution in [0.15, 0.2) is 0 Å². The summed E-state index contributed by atoms with van der Waals surface area (Å²) >= 11 is 0. The molecule has 10 nitrogen and oxygen atoms in total. The van der Waals surface area contributed by atoms with Crippen molar-refractivity contribution in [3.63, 3.8) is 0 Å². The molecule has 0 bridgehead atoms. The molecule has 0 aromatic heterocycles. The van der Waals surface area contributed by atoms with Crippen molar-refractivity contribution in [2.24, 2.45) is 5.92 Å². The first-order chi connectivity index (χ1) is 14.8. The molecular weight excluding hydrogens is 420 g/mol. The van der Waals surface area contributed by atoms with E-state index in [0.29, 0.717) is 25.3 Å². The number of hydrogen-bond donors (Lipinski definition) is 4. The maximum atomic E-state index is 12.9. The second-order valence-corrected chi connectivity index (χ2v) is 9.91. The van der Waals surface area contributed by atoms with Crippen LogP contribution in [0.5, 0.6) is 0 Å². The van der Waals surface area contributed by atoms with Gasteiger partial charge < -0.3 is 15.3 Å². The van der Waals surface area contributed by atoms with Crippen molar-refractivity contribution < 1.29 is 18.9 Å². The Hall–Kier alpha value is -2.21. The Labute approximate surface area is 184 Å². The first-order valence-electron chi connectivity index (χ1n) is 10.9. The number of nitrogens with zero attached hydrogens (tertiary/aromatic N) is 3. The topological polar surface area (TPSA) is 170 Å². The predicted octanol–water partition coefficient (Wildman–Crippen LogP) is 1.13. The van der Waals surface area contributed by atoms with Crippen LogP contribution < -0.4 is 10.0 Å². The molecule has 2 aliphatic carbocycles. The highest BCUT2D eigenvalue weighted by Gasteiger charge is 2.38. The molecule has 0 saturated heterocycles. The molecule has 2 fully saturated rings. The van der Waals surface area contributed by atoms with Gasteiger partial charge in [0.25, 0.3) is 5.91 Å². The van der Waals surface area contributed by atoms with E-state index in [1.54, 1.807) is 0 Å². The fraction of sp³-hybridized carbons (Fsp3) is 0.800. The predicted molar refractivity (Wildman–Crippen MR) is 113 cm³/mol. The van der Waals surface area contributed by atoms with E-state index in [0.717, 1.165) is 44.9 Å². The fourth-order valence-electron chi connectivity index (χ4n) is 4.40. The Morgan fingerprint density at radius 1 is 1.10 bits per heavy atom. The van der Waals surface area contributed by atoms with Crippen molar-refractivity contribution in [2.75, 3.05) is 13.1 Å². The molecule has 3 unspecified atom stereocenters. The fourth-order valence-corrected chi connectivity index (χ4v) is 4.79. The largest absolute Gasteiger partial charge is 0.380 e. The van der Waals surface area contributed by atoms with E-state index in [1.165, 1.54) is 16.7 Å². The third-order valence-electron chi connectivity index (χ3n) is 6.10. The van der Waals surface area contributed by atoms with Gasteiger partial charge >= 0.3 is 0 Å². The van der Waals surface area contributed by atoms with Crippen LogP contribution >= 0.6 is 0 Å². The maximum Gasteiger partial charge on any atom is 0.252 e. The number of nitriles is 2. The van der Waals surface area contributed by atoms with Gasteiger partial charge in [-0.1, -0.05) is 38.5 Å². The van der Waals surface area contributed by atoms with Gasteiger partial charge in [-0.2, -0.15) is 10.5 Å². The summed E-state index contributed by atoms with van der Waals surface area (Å²) in [5.41, 5.74) is 0. The van der Waals surface area contributed by atoms with Gasteiger partial charge in [0.1, 0.15) is 0 Å². The molecule has 2 rings (SSSR count). The lowest BCUT2D eigenvalue weighted by molar-refractivity contribution is -0.141. The molecule has 2 aliphatic rings. The summed E-state index contributed by atoms with van der Waals surface area (Å²) in [7, 11) is -3.79. The molecule has 3 atom stereocenters. The lowest BCUT2D eigenvalue weighted by atomic mass is 9.89. The molecule has 0 heterocycles. The molecule has 0 aliphatic heterocycles. The zero-order chi connectivity index (χ0) is 22.9. The van der Waals surface area contributed by atoms with Crippen molar-refractivity contribution in [3.8, 4) is 11.5 Å². The van der Waals surface area contributed by atoms with Gasteiger partial charge in [0, 0.05) is 12.6 Å². The number of hydrogen-bond acceptors (Lipinski definition) is 7. The third-order valence-corrected chi connectivity index (χ3v) is 6.91. The number of thiocyanates is 1. The van der Waals surface area contributed by atoms with E-state index in [2.05, 4.69) is 10.0 Å². The number of carbonyl (C=O) groups excluding carboxylic acids is 2. The zero-order valence-electron chi connectivity index (χ0n) is 17.7. The minimum absolute atomic E-state index is 0.349. The zero-order valence-corrected chi connectivity index (χ0v) is 18.5. The van der Waals surface area contributed by atoms with E-state index >= 15 is 0 Å². The van der Waals surface area contributed by atoms with Gasteiger partial charge in [-0.25, -0.2) is 13.7 Å². The van der Waals surface area contributed by atoms with Crippen molar-refractivity contribution >= 4 is 21.7 Å². The third kappa shape index (κ3) is 7.46. The van der Waals surface area contributed by atoms with Crippen LogP contribution in [0.3, 0.4) is 0 Å². The van der Waals surface area contributed by atoms with E-state index < -0.39 is 40.4 Å². The second-order valence-electron chi connectivity index (χ2n) is 8.33. The standard InChI is InChI=1S/C20H32N6O4S/c21-11-17(19(28)20(29)24-12-15-7-3-1-4-8-15)26(16-9-5-2-6-10-16)18(27)13-25-31(23,30)14-22/h15-17,19,28H,1-10,12-13H2,(H,24,29)(H2,23,25,30). The molecular formula is C20H32N6O4S. The summed E-state index contributed by atoms with van der Waals surface area (Å²) in [5.74, 6) is -1.02. The quantitative estimate of drug-likeness (QED) is 0.382. The molecule has 2 amide bonds. The van der Waals surface area contributed by atoms with Gasteiger partial charge in [-0.15, -0.1) is 0 Å². The van der Waals surface area contributed by atoms with Crippen molar-refractivity contribution in [1.29, 1.82) is 15.3 Å². The van der Waals surface area contributed by atoms with Crippen LogP contribution in [-0.2, 0) is 19.5 Å². The maximum absolute atomic E-state index is 12.9. The molecule has 31 heavy (non-hydrogen) atoms. The van der Waals surface area contributed by atoms with E-state index in [9.17, 15) is 24.2 Å². The highest BCUT2D eigenvalue weighted by atomic mass is 32.2. The average molecular weight is 453 g/mol. The van der Waals surface area contributed by atoms with Crippen LogP contribution in [0.25, 0.3) is 0 Å². The molecule has 0 aromatic carbocycles. The summed E-state index contributed by atoms with van der Waals surface area (Å²) in [6.45, 7) is -0.170. The van der Waals surface area contributed by atoms with Crippen molar-refractivity contribution in [2.45, 2.75) is 82.4 Å². The summed E-state index contributed by atoms with van der Waals surface area (Å²) in [5, 5.41) is 33.1.